The first-order chi connectivity index (χ1) is 11.6. The van der Waals surface area contributed by atoms with Crippen LogP contribution < -0.4 is 5.32 Å². The van der Waals surface area contributed by atoms with Crippen LogP contribution in [0.25, 0.3) is 6.08 Å². The number of allylic oxidation sites excluding steroid dienone is 2. The van der Waals surface area contributed by atoms with Gasteiger partial charge >= 0.3 is 0 Å². The van der Waals surface area contributed by atoms with Crippen molar-refractivity contribution in [1.82, 2.24) is 5.32 Å². The molecule has 0 aliphatic rings. The summed E-state index contributed by atoms with van der Waals surface area (Å²) >= 11 is 0. The fourth-order valence-corrected chi connectivity index (χ4v) is 2.08. The number of carbonyl (C=O) groups is 1. The Kier molecular flexibility index (Phi) is 5.93. The molecule has 4 heteroatoms. The SMILES string of the molecule is Cc1ccccc1CNC(=O)/C(C#N)=C/C=C/c1ccc(O)cc1. The summed E-state index contributed by atoms with van der Waals surface area (Å²) in [5, 5.41) is 21.1. The molecule has 2 rings (SSSR count). The maximum Gasteiger partial charge on any atom is 0.262 e. The molecule has 0 spiro atoms. The number of hydrogen-bond donors (Lipinski definition) is 2. The summed E-state index contributed by atoms with van der Waals surface area (Å²) in [5.74, 6) is -0.216. The molecule has 1 amide bonds. The summed E-state index contributed by atoms with van der Waals surface area (Å²) < 4.78 is 0. The summed E-state index contributed by atoms with van der Waals surface area (Å²) in [4.78, 5) is 12.1. The number of aromatic hydroxyl groups is 1. The van der Waals surface area contributed by atoms with Crippen molar-refractivity contribution in [3.63, 3.8) is 0 Å². The third-order valence-electron chi connectivity index (χ3n) is 3.51. The van der Waals surface area contributed by atoms with Gasteiger partial charge in [0.05, 0.1) is 0 Å². The number of nitrogens with one attached hydrogen (secondary N) is 1. The molecule has 0 bridgehead atoms. The monoisotopic (exact) mass is 318 g/mol. The number of nitriles is 1. The molecule has 4 nitrogen and oxygen atoms in total. The summed E-state index contributed by atoms with van der Waals surface area (Å²) in [7, 11) is 0. The number of phenolic OH excluding ortho intramolecular Hbond substituents is 1. The molecule has 0 aliphatic carbocycles. The summed E-state index contributed by atoms with van der Waals surface area (Å²) in [6.07, 6.45) is 4.86. The Hall–Kier alpha value is -3.32. The Morgan fingerprint density at radius 2 is 1.92 bits per heavy atom. The van der Waals surface area contributed by atoms with E-state index in [-0.39, 0.29) is 11.3 Å². The minimum absolute atomic E-state index is 0.0404. The van der Waals surface area contributed by atoms with Crippen LogP contribution in [0.3, 0.4) is 0 Å². The molecule has 2 N–H and O–H groups in total. The van der Waals surface area contributed by atoms with Crippen molar-refractivity contribution >= 4 is 12.0 Å². The molecule has 0 fully saturated rings. The van der Waals surface area contributed by atoms with Crippen LogP contribution in [-0.4, -0.2) is 11.0 Å². The zero-order valence-electron chi connectivity index (χ0n) is 13.4. The number of rotatable bonds is 5. The Bertz CT molecular complexity index is 812. The topological polar surface area (TPSA) is 73.1 Å². The van der Waals surface area contributed by atoms with Gasteiger partial charge in [-0.3, -0.25) is 4.79 Å². The minimum Gasteiger partial charge on any atom is -0.508 e. The molecule has 0 unspecified atom stereocenters. The van der Waals surface area contributed by atoms with Crippen molar-refractivity contribution in [3.8, 4) is 11.8 Å². The summed E-state index contributed by atoms with van der Waals surface area (Å²) in [5.41, 5.74) is 3.01. The summed E-state index contributed by atoms with van der Waals surface area (Å²) in [6.45, 7) is 2.36. The van der Waals surface area contributed by atoms with Gasteiger partial charge in [0.1, 0.15) is 17.4 Å². The van der Waals surface area contributed by atoms with Crippen molar-refractivity contribution in [2.24, 2.45) is 0 Å². The van der Waals surface area contributed by atoms with Gasteiger partial charge < -0.3 is 10.4 Å². The van der Waals surface area contributed by atoms with E-state index in [2.05, 4.69) is 5.32 Å². The second-order valence-electron chi connectivity index (χ2n) is 5.25. The zero-order valence-corrected chi connectivity index (χ0v) is 13.4. The van der Waals surface area contributed by atoms with Crippen LogP contribution in [0.5, 0.6) is 5.75 Å². The van der Waals surface area contributed by atoms with E-state index in [1.807, 2.05) is 37.3 Å². The third-order valence-corrected chi connectivity index (χ3v) is 3.51. The van der Waals surface area contributed by atoms with Crippen molar-refractivity contribution < 1.29 is 9.90 Å². The highest BCUT2D eigenvalue weighted by atomic mass is 16.3. The number of amides is 1. The van der Waals surface area contributed by atoms with Gasteiger partial charge in [0.25, 0.3) is 5.91 Å². The van der Waals surface area contributed by atoms with Crippen LogP contribution in [0.4, 0.5) is 0 Å². The van der Waals surface area contributed by atoms with E-state index in [4.69, 9.17) is 5.26 Å². The zero-order chi connectivity index (χ0) is 17.4. The van der Waals surface area contributed by atoms with Gasteiger partial charge in [0.15, 0.2) is 0 Å². The number of carbonyl (C=O) groups excluding carboxylic acids is 1. The standard InChI is InChI=1S/C20H18N2O2/c1-15-5-2-3-7-18(15)14-22-20(24)17(13-21)8-4-6-16-9-11-19(23)12-10-16/h2-12,23H,14H2,1H3,(H,22,24)/b6-4+,17-8+. The number of hydrogen-bond acceptors (Lipinski definition) is 3. The van der Waals surface area contributed by atoms with Gasteiger partial charge in [-0.2, -0.15) is 5.26 Å². The average Bonchev–Trinajstić information content (AvgIpc) is 2.59. The van der Waals surface area contributed by atoms with E-state index in [1.165, 1.54) is 6.08 Å². The number of aryl methyl sites for hydroxylation is 1. The predicted molar refractivity (Wildman–Crippen MR) is 93.9 cm³/mol. The molecule has 120 valence electrons. The number of phenols is 1. The Morgan fingerprint density at radius 1 is 1.21 bits per heavy atom. The lowest BCUT2D eigenvalue weighted by Gasteiger charge is -2.06. The van der Waals surface area contributed by atoms with E-state index in [9.17, 15) is 9.90 Å². The van der Waals surface area contributed by atoms with Crippen LogP contribution in [0.15, 0.2) is 66.3 Å². The van der Waals surface area contributed by atoms with Gasteiger partial charge in [-0.15, -0.1) is 0 Å². The van der Waals surface area contributed by atoms with Crippen molar-refractivity contribution in [2.75, 3.05) is 0 Å². The normalized spacial score (nSPS) is 11.2. The first-order valence-corrected chi connectivity index (χ1v) is 7.50. The Balaban J connectivity index is 1.99. The van der Waals surface area contributed by atoms with Crippen LogP contribution in [-0.2, 0) is 11.3 Å². The molecule has 0 saturated heterocycles. The maximum absolute atomic E-state index is 12.1. The highest BCUT2D eigenvalue weighted by Crippen LogP contribution is 2.11. The lowest BCUT2D eigenvalue weighted by Crippen LogP contribution is -2.24. The maximum atomic E-state index is 12.1. The summed E-state index contributed by atoms with van der Waals surface area (Å²) in [6, 6.07) is 16.3. The first-order valence-electron chi connectivity index (χ1n) is 7.50. The van der Waals surface area contributed by atoms with Gasteiger partial charge in [-0.1, -0.05) is 48.6 Å². The lowest BCUT2D eigenvalue weighted by atomic mass is 10.1. The highest BCUT2D eigenvalue weighted by molar-refractivity contribution is 5.97. The molecule has 0 aromatic heterocycles. The molecular formula is C20H18N2O2. The van der Waals surface area contributed by atoms with Crippen LogP contribution >= 0.6 is 0 Å². The molecule has 0 atom stereocenters. The first kappa shape index (κ1) is 17.0. The molecule has 0 radical (unpaired) electrons. The lowest BCUT2D eigenvalue weighted by molar-refractivity contribution is -0.117. The molecule has 0 saturated carbocycles. The second-order valence-corrected chi connectivity index (χ2v) is 5.25. The van der Waals surface area contributed by atoms with E-state index in [0.717, 1.165) is 16.7 Å². The quantitative estimate of drug-likeness (QED) is 0.503. The molecular weight excluding hydrogens is 300 g/mol. The molecule has 2 aromatic carbocycles. The van der Waals surface area contributed by atoms with Crippen molar-refractivity contribution in [1.29, 1.82) is 5.26 Å². The van der Waals surface area contributed by atoms with E-state index in [1.54, 1.807) is 36.4 Å². The molecule has 0 heterocycles. The van der Waals surface area contributed by atoms with Crippen molar-refractivity contribution in [3.05, 3.63) is 82.9 Å². The largest absolute Gasteiger partial charge is 0.508 e. The average molecular weight is 318 g/mol. The fraction of sp³-hybridized carbons (Fsp3) is 0.100. The van der Waals surface area contributed by atoms with E-state index < -0.39 is 5.91 Å². The van der Waals surface area contributed by atoms with Gasteiger partial charge in [-0.25, -0.2) is 0 Å². The molecule has 0 aliphatic heterocycles. The second kappa shape index (κ2) is 8.35. The van der Waals surface area contributed by atoms with Crippen LogP contribution in [0.2, 0.25) is 0 Å². The van der Waals surface area contributed by atoms with Crippen LogP contribution in [0, 0.1) is 18.3 Å². The van der Waals surface area contributed by atoms with E-state index in [0.29, 0.717) is 6.54 Å². The highest BCUT2D eigenvalue weighted by Gasteiger charge is 2.07. The smallest absolute Gasteiger partial charge is 0.262 e. The fourth-order valence-electron chi connectivity index (χ4n) is 2.08. The Morgan fingerprint density at radius 3 is 2.58 bits per heavy atom. The number of nitrogens with zero attached hydrogens (tertiary/aromatic N) is 1. The predicted octanol–water partition coefficient (Wildman–Crippen LogP) is 3.48. The van der Waals surface area contributed by atoms with Crippen molar-refractivity contribution in [2.45, 2.75) is 13.5 Å². The molecule has 2 aromatic rings. The third kappa shape index (κ3) is 4.85. The van der Waals surface area contributed by atoms with Gasteiger partial charge in [0.2, 0.25) is 0 Å². The van der Waals surface area contributed by atoms with Crippen LogP contribution in [0.1, 0.15) is 16.7 Å². The number of benzene rings is 2. The van der Waals surface area contributed by atoms with E-state index >= 15 is 0 Å². The minimum atomic E-state index is -0.406. The van der Waals surface area contributed by atoms with Gasteiger partial charge in [0, 0.05) is 6.54 Å². The molecule has 24 heavy (non-hydrogen) atoms. The van der Waals surface area contributed by atoms with Gasteiger partial charge in [-0.05, 0) is 41.8 Å². The Labute approximate surface area is 141 Å².